The van der Waals surface area contributed by atoms with Crippen molar-refractivity contribution in [3.8, 4) is 0 Å². The van der Waals surface area contributed by atoms with E-state index in [-0.39, 0.29) is 5.76 Å². The molecule has 0 unspecified atom stereocenters. The predicted octanol–water partition coefficient (Wildman–Crippen LogP) is 2.86. The van der Waals surface area contributed by atoms with E-state index in [9.17, 15) is 4.79 Å². The fraction of sp³-hybridized carbons (Fsp3) is 0.308. The summed E-state index contributed by atoms with van der Waals surface area (Å²) in [6, 6.07) is 0. The Hall–Kier alpha value is -1.97. The summed E-state index contributed by atoms with van der Waals surface area (Å²) in [5, 5.41) is 8.82. The number of ether oxygens (including phenoxy) is 2. The summed E-state index contributed by atoms with van der Waals surface area (Å²) >= 11 is 0. The van der Waals surface area contributed by atoms with E-state index in [2.05, 4.69) is 13.0 Å². The van der Waals surface area contributed by atoms with E-state index in [1.807, 2.05) is 6.08 Å². The Morgan fingerprint density at radius 1 is 1.47 bits per heavy atom. The molecule has 0 aromatic heterocycles. The van der Waals surface area contributed by atoms with Crippen LogP contribution in [0, 0.1) is 0 Å². The third-order valence-electron chi connectivity index (χ3n) is 2.69. The first-order valence-corrected chi connectivity index (χ1v) is 5.57. The molecule has 0 saturated heterocycles. The summed E-state index contributed by atoms with van der Waals surface area (Å²) in [6.07, 6.45) is 9.49. The van der Waals surface area contributed by atoms with Crippen LogP contribution in [0.15, 0.2) is 47.3 Å². The normalized spacial score (nSPS) is 19.1. The molecule has 1 N–H and O–H groups in total. The van der Waals surface area contributed by atoms with E-state index in [4.69, 9.17) is 14.6 Å². The fourth-order valence-corrected chi connectivity index (χ4v) is 1.77. The van der Waals surface area contributed by atoms with E-state index < -0.39 is 5.97 Å². The van der Waals surface area contributed by atoms with Gasteiger partial charge in [-0.25, -0.2) is 4.79 Å². The minimum absolute atomic E-state index is 0.184. The van der Waals surface area contributed by atoms with Crippen molar-refractivity contribution in [3.05, 3.63) is 47.3 Å². The quantitative estimate of drug-likeness (QED) is 0.815. The monoisotopic (exact) mass is 234 g/mol. The van der Waals surface area contributed by atoms with Crippen molar-refractivity contribution >= 4 is 5.97 Å². The first-order chi connectivity index (χ1) is 8.20. The molecule has 0 amide bonds. The van der Waals surface area contributed by atoms with Crippen LogP contribution in [0.4, 0.5) is 0 Å². The summed E-state index contributed by atoms with van der Waals surface area (Å²) < 4.78 is 10.3. The lowest BCUT2D eigenvalue weighted by atomic mass is 9.97. The van der Waals surface area contributed by atoms with Gasteiger partial charge in [-0.2, -0.15) is 0 Å². The second-order valence-corrected chi connectivity index (χ2v) is 3.85. The number of hydrogen-bond acceptors (Lipinski definition) is 3. The van der Waals surface area contributed by atoms with Gasteiger partial charge in [-0.05, 0) is 24.8 Å². The van der Waals surface area contributed by atoms with Crippen LogP contribution in [0.2, 0.25) is 0 Å². The molecule has 17 heavy (non-hydrogen) atoms. The average Bonchev–Trinajstić information content (AvgIpc) is 2.39. The molecule has 2 rings (SSSR count). The molecule has 0 radical (unpaired) electrons. The molecule has 1 aliphatic carbocycles. The second-order valence-electron chi connectivity index (χ2n) is 3.85. The van der Waals surface area contributed by atoms with E-state index in [1.54, 1.807) is 0 Å². The molecule has 0 fully saturated rings. The number of aliphatic carboxylic acids is 1. The molecule has 0 saturated carbocycles. The van der Waals surface area contributed by atoms with Gasteiger partial charge in [0.2, 0.25) is 5.76 Å². The van der Waals surface area contributed by atoms with Crippen LogP contribution in [0.5, 0.6) is 0 Å². The van der Waals surface area contributed by atoms with Crippen LogP contribution in [-0.4, -0.2) is 11.1 Å². The lowest BCUT2D eigenvalue weighted by Gasteiger charge is -2.19. The molecule has 4 heteroatoms. The summed E-state index contributed by atoms with van der Waals surface area (Å²) in [5.74, 6) is -0.821. The maximum Gasteiger partial charge on any atom is 0.375 e. The molecule has 0 aromatic carbocycles. The van der Waals surface area contributed by atoms with Crippen LogP contribution in [0.3, 0.4) is 0 Å². The number of carbonyl (C=O) groups is 1. The minimum atomic E-state index is -1.13. The van der Waals surface area contributed by atoms with Crippen molar-refractivity contribution in [2.24, 2.45) is 0 Å². The highest BCUT2D eigenvalue weighted by Gasteiger charge is 2.20. The van der Waals surface area contributed by atoms with Crippen LogP contribution in [-0.2, 0) is 14.3 Å². The Morgan fingerprint density at radius 3 is 3.00 bits per heavy atom. The van der Waals surface area contributed by atoms with Crippen molar-refractivity contribution in [2.75, 3.05) is 0 Å². The molecule has 0 bridgehead atoms. The van der Waals surface area contributed by atoms with Gasteiger partial charge in [0.15, 0.2) is 5.76 Å². The highest BCUT2D eigenvalue weighted by atomic mass is 16.6. The first-order valence-electron chi connectivity index (χ1n) is 5.57. The molecule has 0 aromatic rings. The maximum atomic E-state index is 10.8. The number of allylic oxidation sites excluding steroid dienone is 4. The van der Waals surface area contributed by atoms with Crippen LogP contribution in [0.1, 0.15) is 26.2 Å². The molecule has 0 spiro atoms. The Morgan fingerprint density at radius 2 is 2.29 bits per heavy atom. The van der Waals surface area contributed by atoms with Gasteiger partial charge in [0.05, 0.1) is 0 Å². The minimum Gasteiger partial charge on any atom is -0.475 e. The van der Waals surface area contributed by atoms with Gasteiger partial charge in [0, 0.05) is 0 Å². The van der Waals surface area contributed by atoms with Gasteiger partial charge in [-0.15, -0.1) is 0 Å². The Bertz CT molecular complexity index is 452. The van der Waals surface area contributed by atoms with E-state index >= 15 is 0 Å². The van der Waals surface area contributed by atoms with Crippen molar-refractivity contribution in [1.29, 1.82) is 0 Å². The van der Waals surface area contributed by atoms with Gasteiger partial charge in [-0.3, -0.25) is 0 Å². The largest absolute Gasteiger partial charge is 0.475 e. The zero-order valence-corrected chi connectivity index (χ0v) is 9.60. The van der Waals surface area contributed by atoms with Gasteiger partial charge in [-0.1, -0.05) is 24.6 Å². The van der Waals surface area contributed by atoms with Crippen molar-refractivity contribution in [1.82, 2.24) is 0 Å². The summed E-state index contributed by atoms with van der Waals surface area (Å²) in [4.78, 5) is 10.8. The smallest absolute Gasteiger partial charge is 0.375 e. The maximum absolute atomic E-state index is 10.8. The topological polar surface area (TPSA) is 55.8 Å². The molecular weight excluding hydrogens is 220 g/mol. The molecule has 90 valence electrons. The van der Waals surface area contributed by atoms with Gasteiger partial charge >= 0.3 is 5.97 Å². The Kier molecular flexibility index (Phi) is 3.32. The lowest BCUT2D eigenvalue weighted by Crippen LogP contribution is -2.11. The first kappa shape index (κ1) is 11.5. The molecular formula is C13H14O4. The Balaban J connectivity index is 2.14. The average molecular weight is 234 g/mol. The highest BCUT2D eigenvalue weighted by Crippen LogP contribution is 2.28. The van der Waals surface area contributed by atoms with Crippen LogP contribution in [0.25, 0.3) is 0 Å². The van der Waals surface area contributed by atoms with Gasteiger partial charge in [0.1, 0.15) is 12.5 Å². The van der Waals surface area contributed by atoms with E-state index in [0.29, 0.717) is 5.76 Å². The van der Waals surface area contributed by atoms with Crippen LogP contribution >= 0.6 is 0 Å². The number of rotatable bonds is 3. The van der Waals surface area contributed by atoms with E-state index in [1.165, 1.54) is 11.8 Å². The molecule has 2 aliphatic rings. The standard InChI is InChI=1S/C13H14O4/c1-2-9-4-3-5-10(6-9)11-7-16-8-12(17-11)13(14)15/h4,6-8H,2-3,5H2,1H3,(H,14,15). The zero-order chi connectivity index (χ0) is 12.3. The van der Waals surface area contributed by atoms with E-state index in [0.717, 1.165) is 31.1 Å². The fourth-order valence-electron chi connectivity index (χ4n) is 1.77. The number of carboxylic acid groups (broad SMARTS) is 1. The summed E-state index contributed by atoms with van der Waals surface area (Å²) in [6.45, 7) is 2.08. The molecule has 1 heterocycles. The highest BCUT2D eigenvalue weighted by molar-refractivity contribution is 5.84. The number of carboxylic acids is 1. The molecule has 0 atom stereocenters. The van der Waals surface area contributed by atoms with Gasteiger partial charge < -0.3 is 14.6 Å². The van der Waals surface area contributed by atoms with Crippen LogP contribution < -0.4 is 0 Å². The molecule has 4 nitrogen and oxygen atoms in total. The Labute approximate surface area is 99.5 Å². The third-order valence-corrected chi connectivity index (χ3v) is 2.69. The number of hydrogen-bond donors (Lipinski definition) is 1. The zero-order valence-electron chi connectivity index (χ0n) is 9.60. The second kappa shape index (κ2) is 4.91. The predicted molar refractivity (Wildman–Crippen MR) is 61.7 cm³/mol. The van der Waals surface area contributed by atoms with Crippen molar-refractivity contribution in [3.63, 3.8) is 0 Å². The van der Waals surface area contributed by atoms with Crippen molar-refractivity contribution in [2.45, 2.75) is 26.2 Å². The van der Waals surface area contributed by atoms with Gasteiger partial charge in [0.25, 0.3) is 0 Å². The molecule has 1 aliphatic heterocycles. The van der Waals surface area contributed by atoms with Crippen molar-refractivity contribution < 1.29 is 19.4 Å². The SMILES string of the molecule is CCC1=CCCC(C2=COC=C(C(=O)O)O2)=C1. The summed E-state index contributed by atoms with van der Waals surface area (Å²) in [7, 11) is 0. The summed E-state index contributed by atoms with van der Waals surface area (Å²) in [5.41, 5.74) is 2.22. The lowest BCUT2D eigenvalue weighted by molar-refractivity contribution is -0.136. The third kappa shape index (κ3) is 2.58.